The van der Waals surface area contributed by atoms with Crippen molar-refractivity contribution in [1.82, 2.24) is 16.2 Å². The normalized spacial score (nSPS) is 27.2. The fourth-order valence-corrected chi connectivity index (χ4v) is 3.34. The predicted molar refractivity (Wildman–Crippen MR) is 98.1 cm³/mol. The van der Waals surface area contributed by atoms with E-state index in [1.807, 2.05) is 0 Å². The lowest BCUT2D eigenvalue weighted by Gasteiger charge is -2.24. The lowest BCUT2D eigenvalue weighted by molar-refractivity contribution is 0.337. The summed E-state index contributed by atoms with van der Waals surface area (Å²) < 4.78 is 0. The molecule has 0 amide bonds. The zero-order valence-corrected chi connectivity index (χ0v) is 14.9. The van der Waals surface area contributed by atoms with Gasteiger partial charge in [0.15, 0.2) is 0 Å². The van der Waals surface area contributed by atoms with Gasteiger partial charge in [-0.05, 0) is 42.2 Å². The monoisotopic (exact) mass is 330 g/mol. The van der Waals surface area contributed by atoms with Crippen LogP contribution in [-0.2, 0) is 18.6 Å². The van der Waals surface area contributed by atoms with Crippen LogP contribution in [0.25, 0.3) is 0 Å². The molecule has 1 aliphatic heterocycles. The second-order valence-corrected chi connectivity index (χ2v) is 8.21. The number of hydrogen-bond donors (Lipinski definition) is 5. The highest BCUT2D eigenvalue weighted by Crippen LogP contribution is 2.27. The minimum atomic E-state index is -0.977. The van der Waals surface area contributed by atoms with Crippen LogP contribution in [0.4, 0.5) is 0 Å². The number of nitrogens with two attached hydrogens (primary N) is 2. The fourth-order valence-electron chi connectivity index (χ4n) is 3.34. The Hall–Kier alpha value is -1.63. The Morgan fingerprint density at radius 1 is 1.25 bits per heavy atom. The number of nitrogens with one attached hydrogen (secondary N) is 3. The molecule has 1 heterocycles. The Kier molecular flexibility index (Phi) is 4.55. The van der Waals surface area contributed by atoms with E-state index in [0.29, 0.717) is 17.4 Å². The van der Waals surface area contributed by atoms with Crippen LogP contribution in [0.15, 0.2) is 23.2 Å². The number of guanidine groups is 1. The molecule has 132 valence electrons. The zero-order chi connectivity index (χ0) is 17.4. The fraction of sp³-hybridized carbons (Fsp3) is 0.611. The van der Waals surface area contributed by atoms with E-state index < -0.39 is 5.79 Å². The zero-order valence-electron chi connectivity index (χ0n) is 14.9. The third-order valence-corrected chi connectivity index (χ3v) is 4.77. The Morgan fingerprint density at radius 3 is 2.58 bits per heavy atom. The van der Waals surface area contributed by atoms with E-state index in [2.05, 4.69) is 60.1 Å². The first-order chi connectivity index (χ1) is 11.3. The average Bonchev–Trinajstić information content (AvgIpc) is 2.75. The minimum Gasteiger partial charge on any atom is -0.369 e. The highest BCUT2D eigenvalue weighted by atomic mass is 15.6. The van der Waals surface area contributed by atoms with Gasteiger partial charge in [0, 0.05) is 18.2 Å². The summed E-state index contributed by atoms with van der Waals surface area (Å²) >= 11 is 0. The number of aliphatic imine (C=N–C) groups is 1. The van der Waals surface area contributed by atoms with Crippen LogP contribution in [0.2, 0.25) is 0 Å². The lowest BCUT2D eigenvalue weighted by Crippen LogP contribution is -2.50. The van der Waals surface area contributed by atoms with Gasteiger partial charge in [-0.2, -0.15) is 5.43 Å². The SMILES string of the molecule is CC(C)(C)CN[C@H]1CCc2ccc(C3(N)N=C(N)NN3)cc2CC1. The molecule has 3 rings (SSSR count). The molecule has 1 aliphatic carbocycles. The number of aryl methyl sites for hydroxylation is 2. The molecule has 0 fully saturated rings. The highest BCUT2D eigenvalue weighted by Gasteiger charge is 2.32. The molecule has 2 atom stereocenters. The molecule has 0 radical (unpaired) electrons. The van der Waals surface area contributed by atoms with E-state index >= 15 is 0 Å². The van der Waals surface area contributed by atoms with Gasteiger partial charge in [0.05, 0.1) is 0 Å². The van der Waals surface area contributed by atoms with Crippen molar-refractivity contribution in [3.8, 4) is 0 Å². The van der Waals surface area contributed by atoms with Gasteiger partial charge in [-0.25, -0.2) is 4.99 Å². The molecule has 0 bridgehead atoms. The molecule has 0 saturated carbocycles. The van der Waals surface area contributed by atoms with Crippen LogP contribution in [0, 0.1) is 5.41 Å². The molecular formula is C18H30N6. The summed E-state index contributed by atoms with van der Waals surface area (Å²) in [7, 11) is 0. The van der Waals surface area contributed by atoms with E-state index in [-0.39, 0.29) is 0 Å². The van der Waals surface area contributed by atoms with E-state index in [1.165, 1.54) is 17.5 Å². The number of rotatable bonds is 3. The maximum atomic E-state index is 6.31. The third-order valence-electron chi connectivity index (χ3n) is 4.77. The van der Waals surface area contributed by atoms with Crippen molar-refractivity contribution >= 4 is 5.96 Å². The Labute approximate surface area is 144 Å². The van der Waals surface area contributed by atoms with Gasteiger partial charge >= 0.3 is 0 Å². The lowest BCUT2D eigenvalue weighted by atomic mass is 9.96. The predicted octanol–water partition coefficient (Wildman–Crippen LogP) is 1.06. The van der Waals surface area contributed by atoms with E-state index in [0.717, 1.165) is 31.4 Å². The second kappa shape index (κ2) is 6.35. The van der Waals surface area contributed by atoms with Crippen LogP contribution < -0.4 is 27.6 Å². The Morgan fingerprint density at radius 2 is 1.96 bits per heavy atom. The van der Waals surface area contributed by atoms with Crippen LogP contribution in [0.5, 0.6) is 0 Å². The third kappa shape index (κ3) is 3.88. The van der Waals surface area contributed by atoms with Crippen LogP contribution in [0.3, 0.4) is 0 Å². The Bertz CT molecular complexity index is 633. The van der Waals surface area contributed by atoms with Gasteiger partial charge in [-0.3, -0.25) is 11.2 Å². The smallest absolute Gasteiger partial charge is 0.209 e. The van der Waals surface area contributed by atoms with Crippen molar-refractivity contribution in [2.45, 2.75) is 58.3 Å². The average molecular weight is 330 g/mol. The number of hydrogen-bond acceptors (Lipinski definition) is 6. The summed E-state index contributed by atoms with van der Waals surface area (Å²) in [5, 5.41) is 3.73. The molecule has 1 unspecified atom stereocenters. The van der Waals surface area contributed by atoms with Crippen molar-refractivity contribution in [3.63, 3.8) is 0 Å². The number of benzene rings is 1. The number of hydrazine groups is 1. The first kappa shape index (κ1) is 17.2. The molecule has 2 aliphatic rings. The summed E-state index contributed by atoms with van der Waals surface area (Å²) in [6, 6.07) is 7.00. The Balaban J connectivity index is 1.71. The topological polar surface area (TPSA) is 100 Å². The van der Waals surface area contributed by atoms with Gasteiger partial charge in [0.1, 0.15) is 0 Å². The summed E-state index contributed by atoms with van der Waals surface area (Å²) in [6.45, 7) is 7.86. The molecule has 0 saturated heterocycles. The molecule has 0 aromatic heterocycles. The van der Waals surface area contributed by atoms with Crippen LogP contribution >= 0.6 is 0 Å². The maximum Gasteiger partial charge on any atom is 0.209 e. The quantitative estimate of drug-likeness (QED) is 0.534. The minimum absolute atomic E-state index is 0.317. The molecule has 24 heavy (non-hydrogen) atoms. The molecule has 1 aromatic rings. The van der Waals surface area contributed by atoms with E-state index in [4.69, 9.17) is 11.5 Å². The molecule has 6 heteroatoms. The van der Waals surface area contributed by atoms with Crippen molar-refractivity contribution in [2.75, 3.05) is 6.54 Å². The van der Waals surface area contributed by atoms with Crippen molar-refractivity contribution in [1.29, 1.82) is 0 Å². The maximum absolute atomic E-state index is 6.31. The summed E-state index contributed by atoms with van der Waals surface area (Å²) in [4.78, 5) is 4.27. The van der Waals surface area contributed by atoms with Crippen LogP contribution in [0.1, 0.15) is 50.3 Å². The highest BCUT2D eigenvalue weighted by molar-refractivity contribution is 5.79. The first-order valence-electron chi connectivity index (χ1n) is 8.78. The molecular weight excluding hydrogens is 300 g/mol. The second-order valence-electron chi connectivity index (χ2n) is 8.21. The molecule has 6 nitrogen and oxygen atoms in total. The summed E-state index contributed by atoms with van der Waals surface area (Å²) in [5.41, 5.74) is 21.8. The molecule has 1 aromatic carbocycles. The largest absolute Gasteiger partial charge is 0.369 e. The van der Waals surface area contributed by atoms with Crippen molar-refractivity contribution in [3.05, 3.63) is 34.9 Å². The number of nitrogens with zero attached hydrogens (tertiary/aromatic N) is 1. The van der Waals surface area contributed by atoms with E-state index in [9.17, 15) is 0 Å². The van der Waals surface area contributed by atoms with Gasteiger partial charge in [-0.15, -0.1) is 0 Å². The van der Waals surface area contributed by atoms with Crippen LogP contribution in [-0.4, -0.2) is 18.5 Å². The number of fused-ring (bicyclic) bond motifs is 1. The van der Waals surface area contributed by atoms with Crippen molar-refractivity contribution < 1.29 is 0 Å². The molecule has 7 N–H and O–H groups in total. The van der Waals surface area contributed by atoms with E-state index in [1.54, 1.807) is 0 Å². The summed E-state index contributed by atoms with van der Waals surface area (Å²) in [5.74, 6) is -0.658. The van der Waals surface area contributed by atoms with Gasteiger partial charge < -0.3 is 11.1 Å². The first-order valence-corrected chi connectivity index (χ1v) is 8.78. The standard InChI is InChI=1S/C18H30N6/c1-17(2,3)11-21-15-8-5-12-4-7-14(10-13(12)6-9-15)18(20)22-16(19)23-24-18/h4,7,10,15,21,24H,5-6,8-9,11,20H2,1-3H3,(H3,19,22,23)/t15-,18?/m0/s1. The van der Waals surface area contributed by atoms with Gasteiger partial charge in [-0.1, -0.05) is 39.0 Å². The summed E-state index contributed by atoms with van der Waals surface area (Å²) in [6.07, 6.45) is 4.50. The van der Waals surface area contributed by atoms with Crippen molar-refractivity contribution in [2.24, 2.45) is 21.9 Å². The van der Waals surface area contributed by atoms with Gasteiger partial charge in [0.2, 0.25) is 11.7 Å². The van der Waals surface area contributed by atoms with Gasteiger partial charge in [0.25, 0.3) is 0 Å². The molecule has 0 spiro atoms.